The minimum absolute atomic E-state index is 0.177. The average Bonchev–Trinajstić information content (AvgIpc) is 3.16. The fourth-order valence-corrected chi connectivity index (χ4v) is 4.57. The molecule has 2 aromatic carbocycles. The van der Waals surface area contributed by atoms with Crippen molar-refractivity contribution in [3.63, 3.8) is 0 Å². The lowest BCUT2D eigenvalue weighted by Gasteiger charge is -2.36. The van der Waals surface area contributed by atoms with Crippen molar-refractivity contribution in [2.45, 2.75) is 32.2 Å². The second-order valence-corrected chi connectivity index (χ2v) is 7.99. The zero-order chi connectivity index (χ0) is 20.5. The first-order valence-corrected chi connectivity index (χ1v) is 10.6. The van der Waals surface area contributed by atoms with Crippen LogP contribution in [0.25, 0.3) is 10.9 Å². The number of aromatic nitrogens is 2. The van der Waals surface area contributed by atoms with Crippen molar-refractivity contribution in [1.29, 1.82) is 0 Å². The molecule has 30 heavy (non-hydrogen) atoms. The number of aromatic amines is 1. The quantitative estimate of drug-likeness (QED) is 0.530. The van der Waals surface area contributed by atoms with Gasteiger partial charge in [0.1, 0.15) is 6.04 Å². The molecule has 1 aliphatic rings. The van der Waals surface area contributed by atoms with Gasteiger partial charge in [0.15, 0.2) is 0 Å². The van der Waals surface area contributed by atoms with Gasteiger partial charge in [-0.15, -0.1) is 0 Å². The van der Waals surface area contributed by atoms with E-state index in [2.05, 4.69) is 35.3 Å². The van der Waals surface area contributed by atoms with Gasteiger partial charge in [-0.25, -0.2) is 0 Å². The van der Waals surface area contributed by atoms with Gasteiger partial charge in [0.2, 0.25) is 5.91 Å². The summed E-state index contributed by atoms with van der Waals surface area (Å²) >= 11 is 0. The smallest absolute Gasteiger partial charge is 0.223 e. The summed E-state index contributed by atoms with van der Waals surface area (Å²) in [7, 11) is 0. The molecule has 2 aromatic heterocycles. The number of benzene rings is 2. The number of pyridine rings is 1. The van der Waals surface area contributed by atoms with E-state index >= 15 is 0 Å². The number of hydrogen-bond donors (Lipinski definition) is 1. The van der Waals surface area contributed by atoms with Crippen LogP contribution in [-0.2, 0) is 17.6 Å². The molecule has 0 radical (unpaired) electrons. The number of nitrogens with one attached hydrogen (secondary N) is 1. The van der Waals surface area contributed by atoms with Gasteiger partial charge in [-0.1, -0.05) is 54.6 Å². The lowest BCUT2D eigenvalue weighted by molar-refractivity contribution is -0.133. The predicted molar refractivity (Wildman–Crippen MR) is 119 cm³/mol. The van der Waals surface area contributed by atoms with Crippen LogP contribution in [0.15, 0.2) is 72.8 Å². The maximum atomic E-state index is 13.3. The van der Waals surface area contributed by atoms with Gasteiger partial charge in [0, 0.05) is 35.3 Å². The van der Waals surface area contributed by atoms with E-state index in [4.69, 9.17) is 4.98 Å². The molecule has 0 spiro atoms. The first kappa shape index (κ1) is 18.6. The highest BCUT2D eigenvalue weighted by Crippen LogP contribution is 2.38. The molecular formula is C26H25N3O. The summed E-state index contributed by atoms with van der Waals surface area (Å²) in [6, 6.07) is 24.5. The minimum Gasteiger partial charge on any atom is -0.356 e. The molecule has 0 aliphatic carbocycles. The third-order valence-corrected chi connectivity index (χ3v) is 6.02. The van der Waals surface area contributed by atoms with Crippen molar-refractivity contribution in [1.82, 2.24) is 14.9 Å². The van der Waals surface area contributed by atoms with Crippen LogP contribution in [0, 0.1) is 6.92 Å². The normalized spacial score (nSPS) is 15.9. The summed E-state index contributed by atoms with van der Waals surface area (Å²) in [5.41, 5.74) is 6.63. The fourth-order valence-electron chi connectivity index (χ4n) is 4.57. The molecule has 0 saturated heterocycles. The standard InChI is InChI=1S/C26H25N3O/c1-18-8-7-13-23(27-18)26-25-21(20-11-5-6-12-22(20)28-25)16-17-29(26)24(30)15-14-19-9-3-2-4-10-19/h2-13,26,28H,14-17H2,1H3. The number of H-pyrrole nitrogens is 1. The largest absolute Gasteiger partial charge is 0.356 e. The second kappa shape index (κ2) is 7.79. The van der Waals surface area contributed by atoms with Crippen LogP contribution >= 0.6 is 0 Å². The summed E-state index contributed by atoms with van der Waals surface area (Å²) in [5, 5.41) is 1.25. The first-order valence-electron chi connectivity index (χ1n) is 10.6. The molecule has 4 nitrogen and oxygen atoms in total. The lowest BCUT2D eigenvalue weighted by atomic mass is 9.94. The van der Waals surface area contributed by atoms with Crippen LogP contribution in [-0.4, -0.2) is 27.3 Å². The highest BCUT2D eigenvalue weighted by atomic mass is 16.2. The molecule has 5 rings (SSSR count). The van der Waals surface area contributed by atoms with Crippen LogP contribution in [0.1, 0.15) is 40.7 Å². The Bertz CT molecular complexity index is 1200. The molecular weight excluding hydrogens is 370 g/mol. The maximum Gasteiger partial charge on any atom is 0.223 e. The van der Waals surface area contributed by atoms with Crippen molar-refractivity contribution in [3.8, 4) is 0 Å². The molecule has 1 N–H and O–H groups in total. The fraction of sp³-hybridized carbons (Fsp3) is 0.231. The summed E-state index contributed by atoms with van der Waals surface area (Å²) in [6.07, 6.45) is 2.12. The van der Waals surface area contributed by atoms with Crippen LogP contribution in [0.5, 0.6) is 0 Å². The lowest BCUT2D eigenvalue weighted by Crippen LogP contribution is -2.41. The van der Waals surface area contributed by atoms with Crippen LogP contribution in [0.2, 0.25) is 0 Å². The predicted octanol–water partition coefficient (Wildman–Crippen LogP) is 4.98. The van der Waals surface area contributed by atoms with Crippen molar-refractivity contribution < 1.29 is 4.79 Å². The molecule has 1 amide bonds. The van der Waals surface area contributed by atoms with Crippen molar-refractivity contribution in [2.75, 3.05) is 6.54 Å². The Labute approximate surface area is 176 Å². The number of carbonyl (C=O) groups is 1. The van der Waals surface area contributed by atoms with E-state index in [1.165, 1.54) is 16.5 Å². The number of carbonyl (C=O) groups excluding carboxylic acids is 1. The molecule has 1 atom stereocenters. The Hall–Kier alpha value is -3.40. The molecule has 0 fully saturated rings. The van der Waals surface area contributed by atoms with Crippen LogP contribution in [0.4, 0.5) is 0 Å². The molecule has 150 valence electrons. The third-order valence-electron chi connectivity index (χ3n) is 6.02. The SMILES string of the molecule is Cc1cccc(C2c3[nH]c4ccccc4c3CCN2C(=O)CCc2ccccc2)n1. The van der Waals surface area contributed by atoms with Gasteiger partial charge in [0.05, 0.1) is 5.69 Å². The first-order chi connectivity index (χ1) is 14.7. The van der Waals surface area contributed by atoms with Crippen molar-refractivity contribution in [2.24, 2.45) is 0 Å². The van der Waals surface area contributed by atoms with E-state index in [0.29, 0.717) is 13.0 Å². The Morgan fingerprint density at radius 3 is 2.67 bits per heavy atom. The zero-order valence-electron chi connectivity index (χ0n) is 17.1. The van der Waals surface area contributed by atoms with E-state index in [-0.39, 0.29) is 11.9 Å². The number of hydrogen-bond acceptors (Lipinski definition) is 2. The molecule has 0 bridgehead atoms. The van der Waals surface area contributed by atoms with E-state index in [9.17, 15) is 4.79 Å². The van der Waals surface area contributed by atoms with Gasteiger partial charge in [-0.2, -0.15) is 0 Å². The van der Waals surface area contributed by atoms with Gasteiger partial charge >= 0.3 is 0 Å². The number of nitrogens with zero attached hydrogens (tertiary/aromatic N) is 2. The summed E-state index contributed by atoms with van der Waals surface area (Å²) in [5.74, 6) is 0.177. The van der Waals surface area contributed by atoms with Gasteiger partial charge in [-0.3, -0.25) is 9.78 Å². The number of amides is 1. The van der Waals surface area contributed by atoms with Crippen LogP contribution < -0.4 is 0 Å². The van der Waals surface area contributed by atoms with Gasteiger partial charge in [-0.05, 0) is 49.1 Å². The summed E-state index contributed by atoms with van der Waals surface area (Å²) < 4.78 is 0. The minimum atomic E-state index is -0.177. The molecule has 1 aliphatic heterocycles. The second-order valence-electron chi connectivity index (χ2n) is 7.99. The summed E-state index contributed by atoms with van der Waals surface area (Å²) in [6.45, 7) is 2.71. The van der Waals surface area contributed by atoms with Crippen LogP contribution in [0.3, 0.4) is 0 Å². The molecule has 1 unspecified atom stereocenters. The Morgan fingerprint density at radius 1 is 1.03 bits per heavy atom. The number of para-hydroxylation sites is 1. The molecule has 3 heterocycles. The monoisotopic (exact) mass is 395 g/mol. The molecule has 4 aromatic rings. The third kappa shape index (κ3) is 3.39. The number of rotatable bonds is 4. The Kier molecular flexibility index (Phi) is 4.83. The van der Waals surface area contributed by atoms with Crippen molar-refractivity contribution >= 4 is 16.8 Å². The van der Waals surface area contributed by atoms with Crippen molar-refractivity contribution in [3.05, 3.63) is 101 Å². The van der Waals surface area contributed by atoms with Gasteiger partial charge in [0.25, 0.3) is 0 Å². The van der Waals surface area contributed by atoms with Gasteiger partial charge < -0.3 is 9.88 Å². The molecule has 4 heteroatoms. The van der Waals surface area contributed by atoms with E-state index in [1.807, 2.05) is 54.3 Å². The summed E-state index contributed by atoms with van der Waals surface area (Å²) in [4.78, 5) is 23.8. The Morgan fingerprint density at radius 2 is 1.83 bits per heavy atom. The number of aryl methyl sites for hydroxylation is 2. The van der Waals surface area contributed by atoms with E-state index in [1.54, 1.807) is 0 Å². The highest BCUT2D eigenvalue weighted by Gasteiger charge is 2.35. The maximum absolute atomic E-state index is 13.3. The Balaban J connectivity index is 1.52. The average molecular weight is 396 g/mol. The highest BCUT2D eigenvalue weighted by molar-refractivity contribution is 5.86. The number of fused-ring (bicyclic) bond motifs is 3. The van der Waals surface area contributed by atoms with E-state index in [0.717, 1.165) is 35.4 Å². The zero-order valence-corrected chi connectivity index (χ0v) is 17.1. The van der Waals surface area contributed by atoms with E-state index < -0.39 is 0 Å². The molecule has 0 saturated carbocycles. The topological polar surface area (TPSA) is 49.0 Å².